The molecule has 0 fully saturated rings. The number of aryl methyl sites for hydroxylation is 1. The van der Waals surface area contributed by atoms with E-state index in [4.69, 9.17) is 10.5 Å². The lowest BCUT2D eigenvalue weighted by atomic mass is 10.2. The number of hydrogen-bond donors (Lipinski definition) is 1. The summed E-state index contributed by atoms with van der Waals surface area (Å²) in [6.07, 6.45) is 0. The normalized spacial score (nSPS) is 12.4. The standard InChI is InChI=1S/C10H16N2O2S2/c1-4-14-8(13)6(2)5-15-9-7(3)12-10(11)16-9/h6H,4-5H2,1-3H3,(H2,11,12). The largest absolute Gasteiger partial charge is 0.466 e. The summed E-state index contributed by atoms with van der Waals surface area (Å²) < 4.78 is 6.02. The first-order valence-electron chi connectivity index (χ1n) is 5.07. The number of ether oxygens (including phenoxy) is 1. The molecule has 1 rings (SSSR count). The van der Waals surface area contributed by atoms with Gasteiger partial charge in [0.2, 0.25) is 0 Å². The van der Waals surface area contributed by atoms with E-state index in [-0.39, 0.29) is 11.9 Å². The Labute approximate surface area is 104 Å². The fourth-order valence-corrected chi connectivity index (χ4v) is 3.14. The topological polar surface area (TPSA) is 65.2 Å². The van der Waals surface area contributed by atoms with E-state index in [0.29, 0.717) is 17.5 Å². The monoisotopic (exact) mass is 260 g/mol. The highest BCUT2D eigenvalue weighted by Crippen LogP contribution is 2.31. The van der Waals surface area contributed by atoms with Crippen molar-refractivity contribution < 1.29 is 9.53 Å². The van der Waals surface area contributed by atoms with Gasteiger partial charge in [0, 0.05) is 5.75 Å². The molecule has 0 saturated heterocycles. The van der Waals surface area contributed by atoms with E-state index < -0.39 is 0 Å². The molecule has 16 heavy (non-hydrogen) atoms. The highest BCUT2D eigenvalue weighted by Gasteiger charge is 2.15. The van der Waals surface area contributed by atoms with Crippen LogP contribution in [0.1, 0.15) is 19.5 Å². The number of rotatable bonds is 5. The Morgan fingerprint density at radius 2 is 2.38 bits per heavy atom. The maximum Gasteiger partial charge on any atom is 0.309 e. The van der Waals surface area contributed by atoms with Gasteiger partial charge >= 0.3 is 5.97 Å². The van der Waals surface area contributed by atoms with Gasteiger partial charge < -0.3 is 10.5 Å². The quantitative estimate of drug-likeness (QED) is 0.650. The second-order valence-electron chi connectivity index (χ2n) is 3.39. The van der Waals surface area contributed by atoms with Gasteiger partial charge in [0.15, 0.2) is 5.13 Å². The van der Waals surface area contributed by atoms with Crippen LogP contribution in [0.5, 0.6) is 0 Å². The third-order valence-electron chi connectivity index (χ3n) is 1.92. The van der Waals surface area contributed by atoms with E-state index in [2.05, 4.69) is 4.98 Å². The fraction of sp³-hybridized carbons (Fsp3) is 0.600. The third kappa shape index (κ3) is 3.68. The molecule has 1 aromatic rings. The zero-order chi connectivity index (χ0) is 12.1. The van der Waals surface area contributed by atoms with Crippen LogP contribution in [-0.2, 0) is 9.53 Å². The Balaban J connectivity index is 2.45. The molecule has 0 spiro atoms. The lowest BCUT2D eigenvalue weighted by Gasteiger charge is -2.08. The lowest BCUT2D eigenvalue weighted by Crippen LogP contribution is -2.16. The second-order valence-corrected chi connectivity index (χ2v) is 5.71. The summed E-state index contributed by atoms with van der Waals surface area (Å²) >= 11 is 3.06. The summed E-state index contributed by atoms with van der Waals surface area (Å²) in [6, 6.07) is 0. The predicted octanol–water partition coefficient (Wildman–Crippen LogP) is 2.33. The van der Waals surface area contributed by atoms with Gasteiger partial charge in [0.1, 0.15) is 0 Å². The number of nitrogens with zero attached hydrogens (tertiary/aromatic N) is 1. The van der Waals surface area contributed by atoms with E-state index >= 15 is 0 Å². The van der Waals surface area contributed by atoms with Crippen molar-refractivity contribution in [3.63, 3.8) is 0 Å². The smallest absolute Gasteiger partial charge is 0.309 e. The Bertz CT molecular complexity index is 366. The molecule has 1 aromatic heterocycles. The molecular weight excluding hydrogens is 244 g/mol. The molecule has 0 saturated carbocycles. The lowest BCUT2D eigenvalue weighted by molar-refractivity contribution is -0.146. The molecular formula is C10H16N2O2S2. The number of carbonyl (C=O) groups excluding carboxylic acids is 1. The minimum absolute atomic E-state index is 0.104. The van der Waals surface area contributed by atoms with Crippen LogP contribution in [0, 0.1) is 12.8 Å². The molecule has 1 unspecified atom stereocenters. The molecule has 4 nitrogen and oxygen atoms in total. The van der Waals surface area contributed by atoms with Crippen molar-refractivity contribution in [3.8, 4) is 0 Å². The fourth-order valence-electron chi connectivity index (χ4n) is 1.09. The Morgan fingerprint density at radius 1 is 1.69 bits per heavy atom. The number of esters is 1. The molecule has 2 N–H and O–H groups in total. The number of nitrogen functional groups attached to an aromatic ring is 1. The van der Waals surface area contributed by atoms with Gasteiger partial charge in [-0.05, 0) is 13.8 Å². The summed E-state index contributed by atoms with van der Waals surface area (Å²) in [5, 5.41) is 0.573. The average molecular weight is 260 g/mol. The molecule has 1 heterocycles. The molecule has 1 atom stereocenters. The van der Waals surface area contributed by atoms with E-state index in [9.17, 15) is 4.79 Å². The van der Waals surface area contributed by atoms with Crippen molar-refractivity contribution in [2.24, 2.45) is 5.92 Å². The summed E-state index contributed by atoms with van der Waals surface area (Å²) in [6.45, 7) is 6.03. The van der Waals surface area contributed by atoms with Crippen LogP contribution in [-0.4, -0.2) is 23.3 Å². The molecule has 6 heteroatoms. The van der Waals surface area contributed by atoms with Crippen molar-refractivity contribution in [2.45, 2.75) is 25.0 Å². The van der Waals surface area contributed by atoms with Crippen LogP contribution in [0.15, 0.2) is 4.21 Å². The summed E-state index contributed by atoms with van der Waals surface area (Å²) in [7, 11) is 0. The first-order chi connectivity index (χ1) is 7.54. The van der Waals surface area contributed by atoms with E-state index in [1.807, 2.05) is 20.8 Å². The Kier molecular flexibility index (Phi) is 5.08. The summed E-state index contributed by atoms with van der Waals surface area (Å²) in [5.74, 6) is 0.444. The average Bonchev–Trinajstić information content (AvgIpc) is 2.54. The number of anilines is 1. The maximum atomic E-state index is 11.4. The van der Waals surface area contributed by atoms with Crippen molar-refractivity contribution in [3.05, 3.63) is 5.69 Å². The molecule has 0 aromatic carbocycles. The minimum atomic E-state index is -0.148. The van der Waals surface area contributed by atoms with Gasteiger partial charge in [-0.1, -0.05) is 18.3 Å². The SMILES string of the molecule is CCOC(=O)C(C)CSc1sc(N)nc1C. The Hall–Kier alpha value is -0.750. The van der Waals surface area contributed by atoms with E-state index in [1.54, 1.807) is 11.8 Å². The van der Waals surface area contributed by atoms with E-state index in [0.717, 1.165) is 9.90 Å². The minimum Gasteiger partial charge on any atom is -0.466 e. The highest BCUT2D eigenvalue weighted by atomic mass is 32.2. The zero-order valence-electron chi connectivity index (χ0n) is 9.65. The number of carbonyl (C=O) groups is 1. The van der Waals surface area contributed by atoms with Crippen molar-refractivity contribution in [2.75, 3.05) is 18.1 Å². The van der Waals surface area contributed by atoms with Gasteiger partial charge in [-0.2, -0.15) is 0 Å². The molecule has 0 aliphatic rings. The van der Waals surface area contributed by atoms with Crippen LogP contribution < -0.4 is 5.73 Å². The number of thioether (sulfide) groups is 1. The number of thiazole rings is 1. The zero-order valence-corrected chi connectivity index (χ0v) is 11.3. The summed E-state index contributed by atoms with van der Waals surface area (Å²) in [4.78, 5) is 15.5. The maximum absolute atomic E-state index is 11.4. The van der Waals surface area contributed by atoms with Crippen LogP contribution in [0.25, 0.3) is 0 Å². The molecule has 0 amide bonds. The van der Waals surface area contributed by atoms with Crippen LogP contribution in [0.2, 0.25) is 0 Å². The van der Waals surface area contributed by atoms with Crippen molar-refractivity contribution in [1.29, 1.82) is 0 Å². The Morgan fingerprint density at radius 3 is 2.88 bits per heavy atom. The van der Waals surface area contributed by atoms with Crippen molar-refractivity contribution in [1.82, 2.24) is 4.98 Å². The van der Waals surface area contributed by atoms with Gasteiger partial charge in [-0.15, -0.1) is 11.8 Å². The van der Waals surface area contributed by atoms with Crippen LogP contribution in [0.4, 0.5) is 5.13 Å². The second kappa shape index (κ2) is 6.10. The predicted molar refractivity (Wildman–Crippen MR) is 67.8 cm³/mol. The molecule has 90 valence electrons. The third-order valence-corrected chi connectivity index (χ3v) is 4.53. The van der Waals surface area contributed by atoms with Crippen molar-refractivity contribution >= 4 is 34.2 Å². The molecule has 0 aliphatic heterocycles. The highest BCUT2D eigenvalue weighted by molar-refractivity contribution is 8.01. The number of hydrogen-bond acceptors (Lipinski definition) is 6. The van der Waals surface area contributed by atoms with Gasteiger partial charge in [-0.25, -0.2) is 4.98 Å². The first kappa shape index (κ1) is 13.3. The molecule has 0 bridgehead atoms. The van der Waals surface area contributed by atoms with E-state index in [1.165, 1.54) is 11.3 Å². The first-order valence-corrected chi connectivity index (χ1v) is 6.87. The van der Waals surface area contributed by atoms with Gasteiger partial charge in [0.05, 0.1) is 22.4 Å². The number of nitrogens with two attached hydrogens (primary N) is 1. The van der Waals surface area contributed by atoms with Crippen LogP contribution in [0.3, 0.4) is 0 Å². The molecule has 0 radical (unpaired) electrons. The van der Waals surface area contributed by atoms with Gasteiger partial charge in [-0.3, -0.25) is 4.79 Å². The molecule has 0 aliphatic carbocycles. The van der Waals surface area contributed by atoms with Gasteiger partial charge in [0.25, 0.3) is 0 Å². The summed E-state index contributed by atoms with van der Waals surface area (Å²) in [5.41, 5.74) is 6.53. The number of aromatic nitrogens is 1. The van der Waals surface area contributed by atoms with Crippen LogP contribution >= 0.6 is 23.1 Å².